The van der Waals surface area contributed by atoms with Gasteiger partial charge in [0.1, 0.15) is 0 Å². The highest BCUT2D eigenvalue weighted by Gasteiger charge is 2.14. The molecule has 0 saturated carbocycles. The lowest BCUT2D eigenvalue weighted by Gasteiger charge is -2.12. The maximum absolute atomic E-state index is 6.27. The number of rotatable bonds is 5. The monoisotopic (exact) mass is 347 g/mol. The summed E-state index contributed by atoms with van der Waals surface area (Å²) in [5.74, 6) is 0. The molecule has 1 unspecified atom stereocenters. The molecule has 0 amide bonds. The molecule has 2 aromatic rings. The SMILES string of the molecule is CCCC(NC)c1ccc(-c2cc(Cl)c(Cl)cc2Cl)s1. The van der Waals surface area contributed by atoms with E-state index in [0.29, 0.717) is 21.1 Å². The first-order valence-corrected chi connectivity index (χ1v) is 8.43. The fraction of sp³-hybridized carbons (Fsp3) is 0.333. The largest absolute Gasteiger partial charge is 0.312 e. The van der Waals surface area contributed by atoms with Gasteiger partial charge in [-0.15, -0.1) is 11.3 Å². The summed E-state index contributed by atoms with van der Waals surface area (Å²) in [6.07, 6.45) is 2.26. The summed E-state index contributed by atoms with van der Waals surface area (Å²) in [5, 5.41) is 4.99. The maximum atomic E-state index is 6.27. The van der Waals surface area contributed by atoms with Gasteiger partial charge in [0.15, 0.2) is 0 Å². The average Bonchev–Trinajstić information content (AvgIpc) is 2.89. The Hall–Kier alpha value is -0.250. The Balaban J connectivity index is 2.35. The van der Waals surface area contributed by atoms with Gasteiger partial charge in [-0.2, -0.15) is 0 Å². The third-order valence-electron chi connectivity index (χ3n) is 3.17. The Morgan fingerprint density at radius 3 is 2.45 bits per heavy atom. The Morgan fingerprint density at radius 1 is 1.10 bits per heavy atom. The molecule has 20 heavy (non-hydrogen) atoms. The topological polar surface area (TPSA) is 12.0 Å². The Kier molecular flexibility index (Phi) is 5.76. The van der Waals surface area contributed by atoms with Crippen molar-refractivity contribution in [3.63, 3.8) is 0 Å². The summed E-state index contributed by atoms with van der Waals surface area (Å²) in [5.41, 5.74) is 0.934. The Labute approximate surface area is 138 Å². The molecular formula is C15H16Cl3NS. The Morgan fingerprint density at radius 2 is 1.80 bits per heavy atom. The highest BCUT2D eigenvalue weighted by atomic mass is 35.5. The van der Waals surface area contributed by atoms with Crippen molar-refractivity contribution in [2.45, 2.75) is 25.8 Å². The van der Waals surface area contributed by atoms with Crippen LogP contribution in [0, 0.1) is 0 Å². The lowest BCUT2D eigenvalue weighted by molar-refractivity contribution is 0.550. The summed E-state index contributed by atoms with van der Waals surface area (Å²) < 4.78 is 0. The summed E-state index contributed by atoms with van der Waals surface area (Å²) in [7, 11) is 1.99. The summed E-state index contributed by atoms with van der Waals surface area (Å²) >= 11 is 20.1. The smallest absolute Gasteiger partial charge is 0.0607 e. The van der Waals surface area contributed by atoms with E-state index in [4.69, 9.17) is 34.8 Å². The first-order chi connectivity index (χ1) is 9.56. The molecule has 0 aliphatic heterocycles. The molecule has 0 fully saturated rings. The normalized spacial score (nSPS) is 12.7. The van der Waals surface area contributed by atoms with Crippen molar-refractivity contribution in [3.05, 3.63) is 44.2 Å². The van der Waals surface area contributed by atoms with E-state index in [2.05, 4.69) is 24.4 Å². The molecule has 5 heteroatoms. The average molecular weight is 349 g/mol. The third kappa shape index (κ3) is 3.49. The van der Waals surface area contributed by atoms with Crippen molar-refractivity contribution < 1.29 is 0 Å². The predicted molar refractivity (Wildman–Crippen MR) is 91.5 cm³/mol. The van der Waals surface area contributed by atoms with Gasteiger partial charge in [-0.1, -0.05) is 48.1 Å². The minimum absolute atomic E-state index is 0.389. The van der Waals surface area contributed by atoms with Crippen LogP contribution in [0.3, 0.4) is 0 Å². The second-order valence-corrected chi connectivity index (χ2v) is 6.92. The number of halogens is 3. The number of hydrogen-bond acceptors (Lipinski definition) is 2. The number of benzene rings is 1. The fourth-order valence-electron chi connectivity index (χ4n) is 2.11. The van der Waals surface area contributed by atoms with Gasteiger partial charge in [-0.05, 0) is 37.7 Å². The number of hydrogen-bond donors (Lipinski definition) is 1. The zero-order valence-corrected chi connectivity index (χ0v) is 14.4. The first kappa shape index (κ1) is 16.1. The van der Waals surface area contributed by atoms with Gasteiger partial charge >= 0.3 is 0 Å². The van der Waals surface area contributed by atoms with Gasteiger partial charge in [0.25, 0.3) is 0 Å². The molecule has 1 N–H and O–H groups in total. The fourth-order valence-corrected chi connectivity index (χ4v) is 4.00. The second-order valence-electron chi connectivity index (χ2n) is 4.58. The molecule has 2 rings (SSSR count). The molecule has 1 aromatic heterocycles. The van der Waals surface area contributed by atoms with Gasteiger partial charge < -0.3 is 5.32 Å². The molecule has 108 valence electrons. The minimum atomic E-state index is 0.389. The van der Waals surface area contributed by atoms with Gasteiger partial charge in [-0.25, -0.2) is 0 Å². The lowest BCUT2D eigenvalue weighted by Crippen LogP contribution is -2.14. The van der Waals surface area contributed by atoms with Crippen LogP contribution in [-0.4, -0.2) is 7.05 Å². The van der Waals surface area contributed by atoms with Crippen LogP contribution in [0.4, 0.5) is 0 Å². The highest BCUT2D eigenvalue weighted by Crippen LogP contribution is 2.39. The molecule has 0 saturated heterocycles. The van der Waals surface area contributed by atoms with E-state index in [1.807, 2.05) is 13.1 Å². The standard InChI is InChI=1S/C15H16Cl3NS/c1-3-4-13(19-2)15-6-5-14(20-15)9-7-11(17)12(18)8-10(9)16/h5-8,13,19H,3-4H2,1-2H3. The van der Waals surface area contributed by atoms with Crippen molar-refractivity contribution in [3.8, 4) is 10.4 Å². The van der Waals surface area contributed by atoms with Crippen molar-refractivity contribution in [1.82, 2.24) is 5.32 Å². The number of thiophene rings is 1. The van der Waals surface area contributed by atoms with Gasteiger partial charge in [0.2, 0.25) is 0 Å². The van der Waals surface area contributed by atoms with Crippen molar-refractivity contribution in [1.29, 1.82) is 0 Å². The summed E-state index contributed by atoms with van der Waals surface area (Å²) in [4.78, 5) is 2.42. The van der Waals surface area contributed by atoms with E-state index in [1.54, 1.807) is 17.4 Å². The maximum Gasteiger partial charge on any atom is 0.0607 e. The molecule has 1 nitrogen and oxygen atoms in total. The summed E-state index contributed by atoms with van der Waals surface area (Å²) in [6, 6.07) is 8.15. The van der Waals surface area contributed by atoms with Gasteiger partial charge in [-0.3, -0.25) is 0 Å². The van der Waals surface area contributed by atoms with E-state index in [-0.39, 0.29) is 0 Å². The van der Waals surface area contributed by atoms with Crippen molar-refractivity contribution in [2.24, 2.45) is 0 Å². The molecule has 0 aliphatic carbocycles. The van der Waals surface area contributed by atoms with Crippen LogP contribution >= 0.6 is 46.1 Å². The van der Waals surface area contributed by atoms with E-state index in [1.165, 1.54) is 4.88 Å². The molecule has 1 aromatic carbocycles. The molecule has 0 bridgehead atoms. The highest BCUT2D eigenvalue weighted by molar-refractivity contribution is 7.15. The van der Waals surface area contributed by atoms with Crippen LogP contribution in [-0.2, 0) is 0 Å². The van der Waals surface area contributed by atoms with Crippen LogP contribution in [0.2, 0.25) is 15.1 Å². The van der Waals surface area contributed by atoms with Crippen molar-refractivity contribution >= 4 is 46.1 Å². The molecular weight excluding hydrogens is 333 g/mol. The van der Waals surface area contributed by atoms with E-state index >= 15 is 0 Å². The van der Waals surface area contributed by atoms with Crippen LogP contribution in [0.15, 0.2) is 24.3 Å². The molecule has 1 heterocycles. The quantitative estimate of drug-likeness (QED) is 0.613. The number of nitrogens with one attached hydrogen (secondary N) is 1. The minimum Gasteiger partial charge on any atom is -0.312 e. The summed E-state index contributed by atoms with van der Waals surface area (Å²) in [6.45, 7) is 2.19. The van der Waals surface area contributed by atoms with E-state index < -0.39 is 0 Å². The van der Waals surface area contributed by atoms with E-state index in [9.17, 15) is 0 Å². The van der Waals surface area contributed by atoms with Crippen LogP contribution < -0.4 is 5.32 Å². The van der Waals surface area contributed by atoms with Gasteiger partial charge in [0.05, 0.1) is 15.1 Å². The van der Waals surface area contributed by atoms with Gasteiger partial charge in [0, 0.05) is 21.4 Å². The zero-order chi connectivity index (χ0) is 14.7. The van der Waals surface area contributed by atoms with Crippen LogP contribution in [0.1, 0.15) is 30.7 Å². The van der Waals surface area contributed by atoms with E-state index in [0.717, 1.165) is 23.3 Å². The zero-order valence-electron chi connectivity index (χ0n) is 11.3. The third-order valence-corrected chi connectivity index (χ3v) is 5.44. The van der Waals surface area contributed by atoms with Crippen LogP contribution in [0.25, 0.3) is 10.4 Å². The predicted octanol–water partition coefficient (Wildman–Crippen LogP) is 6.44. The van der Waals surface area contributed by atoms with Crippen LogP contribution in [0.5, 0.6) is 0 Å². The molecule has 0 spiro atoms. The molecule has 1 atom stereocenters. The molecule has 0 aliphatic rings. The first-order valence-electron chi connectivity index (χ1n) is 6.48. The van der Waals surface area contributed by atoms with Crippen molar-refractivity contribution in [2.75, 3.05) is 7.05 Å². The molecule has 0 radical (unpaired) electrons. The lowest BCUT2D eigenvalue weighted by atomic mass is 10.1. The Bertz CT molecular complexity index is 595. The second kappa shape index (κ2) is 7.15.